The van der Waals surface area contributed by atoms with Crippen LogP contribution in [0, 0.1) is 5.82 Å². The Labute approximate surface area is 177 Å². The second kappa shape index (κ2) is 8.81. The van der Waals surface area contributed by atoms with Crippen LogP contribution in [0.2, 0.25) is 0 Å². The SMILES string of the molecule is O=C(c1ccc(C=C2SC(=O)N(Cc3cccc(F)c3)C2=O)cc1)N1CCOCC1. The maximum Gasteiger partial charge on any atom is 0.293 e. The number of rotatable bonds is 4. The number of carbonyl (C=O) groups is 3. The number of amides is 3. The molecule has 2 aromatic rings. The number of nitrogens with zero attached hydrogens (tertiary/aromatic N) is 2. The molecule has 2 heterocycles. The van der Waals surface area contributed by atoms with E-state index in [2.05, 4.69) is 0 Å². The van der Waals surface area contributed by atoms with Crippen LogP contribution in [0.1, 0.15) is 21.5 Å². The van der Waals surface area contributed by atoms with E-state index in [1.54, 1.807) is 47.4 Å². The first-order valence-corrected chi connectivity index (χ1v) is 10.3. The average Bonchev–Trinajstić information content (AvgIpc) is 3.02. The predicted molar refractivity (Wildman–Crippen MR) is 111 cm³/mol. The van der Waals surface area contributed by atoms with Crippen molar-refractivity contribution >= 4 is 34.9 Å². The molecule has 0 saturated carbocycles. The molecule has 2 fully saturated rings. The molecule has 0 unspecified atom stereocenters. The Bertz CT molecular complexity index is 1020. The van der Waals surface area contributed by atoms with Gasteiger partial charge in [-0.15, -0.1) is 0 Å². The number of ether oxygens (including phenoxy) is 1. The summed E-state index contributed by atoms with van der Waals surface area (Å²) in [5.74, 6) is -0.885. The quantitative estimate of drug-likeness (QED) is 0.700. The Hall–Kier alpha value is -2.97. The maximum atomic E-state index is 13.4. The Morgan fingerprint density at radius 1 is 1.10 bits per heavy atom. The second-order valence-corrected chi connectivity index (χ2v) is 7.92. The summed E-state index contributed by atoms with van der Waals surface area (Å²) < 4.78 is 18.6. The van der Waals surface area contributed by atoms with Crippen LogP contribution in [0.4, 0.5) is 9.18 Å². The number of hydrogen-bond donors (Lipinski definition) is 0. The Morgan fingerprint density at radius 3 is 2.53 bits per heavy atom. The van der Waals surface area contributed by atoms with Gasteiger partial charge in [-0.1, -0.05) is 24.3 Å². The van der Waals surface area contributed by atoms with E-state index in [1.807, 2.05) is 0 Å². The molecule has 4 rings (SSSR count). The van der Waals surface area contributed by atoms with Crippen LogP contribution in [-0.4, -0.2) is 53.2 Å². The summed E-state index contributed by atoms with van der Waals surface area (Å²) in [6.07, 6.45) is 1.62. The highest BCUT2D eigenvalue weighted by atomic mass is 32.2. The van der Waals surface area contributed by atoms with Crippen molar-refractivity contribution in [1.29, 1.82) is 0 Å². The lowest BCUT2D eigenvalue weighted by Crippen LogP contribution is -2.40. The summed E-state index contributed by atoms with van der Waals surface area (Å²) in [5, 5.41) is -0.394. The van der Waals surface area contributed by atoms with Gasteiger partial charge in [0.25, 0.3) is 17.1 Å². The number of halogens is 1. The van der Waals surface area contributed by atoms with E-state index in [-0.39, 0.29) is 12.5 Å². The van der Waals surface area contributed by atoms with Crippen LogP contribution in [-0.2, 0) is 16.1 Å². The molecular weight excluding hydrogens is 407 g/mol. The summed E-state index contributed by atoms with van der Waals surface area (Å²) in [5.41, 5.74) is 1.82. The normalized spacial score (nSPS) is 18.4. The van der Waals surface area contributed by atoms with Crippen molar-refractivity contribution < 1.29 is 23.5 Å². The van der Waals surface area contributed by atoms with Crippen molar-refractivity contribution in [3.63, 3.8) is 0 Å². The highest BCUT2D eigenvalue weighted by Gasteiger charge is 2.35. The minimum Gasteiger partial charge on any atom is -0.378 e. The molecule has 0 spiro atoms. The summed E-state index contributed by atoms with van der Waals surface area (Å²) in [6, 6.07) is 12.7. The first kappa shape index (κ1) is 20.3. The first-order chi connectivity index (χ1) is 14.5. The van der Waals surface area contributed by atoms with E-state index >= 15 is 0 Å². The van der Waals surface area contributed by atoms with E-state index in [1.165, 1.54) is 12.1 Å². The van der Waals surface area contributed by atoms with Crippen molar-refractivity contribution in [3.05, 3.63) is 75.9 Å². The summed E-state index contributed by atoms with van der Waals surface area (Å²) in [6.45, 7) is 2.23. The molecule has 2 aromatic carbocycles. The molecule has 0 aromatic heterocycles. The molecule has 6 nitrogen and oxygen atoms in total. The molecule has 2 aliphatic rings. The second-order valence-electron chi connectivity index (χ2n) is 6.92. The molecule has 2 saturated heterocycles. The molecular formula is C22H19FN2O4S. The topological polar surface area (TPSA) is 66.9 Å². The molecule has 0 atom stereocenters. The molecule has 8 heteroatoms. The minimum absolute atomic E-state index is 0.0206. The lowest BCUT2D eigenvalue weighted by Gasteiger charge is -2.26. The highest BCUT2D eigenvalue weighted by Crippen LogP contribution is 2.33. The predicted octanol–water partition coefficient (Wildman–Crippen LogP) is 3.53. The van der Waals surface area contributed by atoms with Gasteiger partial charge in [0.05, 0.1) is 24.7 Å². The van der Waals surface area contributed by atoms with Gasteiger partial charge in [0.1, 0.15) is 5.82 Å². The molecule has 154 valence electrons. The Kier molecular flexibility index (Phi) is 5.96. The van der Waals surface area contributed by atoms with E-state index in [0.717, 1.165) is 16.7 Å². The number of carbonyl (C=O) groups excluding carboxylic acids is 3. The Balaban J connectivity index is 1.46. The number of hydrogen-bond acceptors (Lipinski definition) is 5. The summed E-state index contributed by atoms with van der Waals surface area (Å²) >= 11 is 0.849. The molecule has 0 radical (unpaired) electrons. The van der Waals surface area contributed by atoms with E-state index in [0.29, 0.717) is 47.9 Å². The summed E-state index contributed by atoms with van der Waals surface area (Å²) in [7, 11) is 0. The summed E-state index contributed by atoms with van der Waals surface area (Å²) in [4.78, 5) is 40.6. The van der Waals surface area contributed by atoms with Crippen molar-refractivity contribution in [2.45, 2.75) is 6.54 Å². The standard InChI is InChI=1S/C22H19FN2O4S/c23-18-3-1-2-16(12-18)14-25-21(27)19(30-22(25)28)13-15-4-6-17(7-5-15)20(26)24-8-10-29-11-9-24/h1-7,12-13H,8-11,14H2. The molecule has 2 aliphatic heterocycles. The van der Waals surface area contributed by atoms with Crippen LogP contribution < -0.4 is 0 Å². The molecule has 30 heavy (non-hydrogen) atoms. The van der Waals surface area contributed by atoms with E-state index in [9.17, 15) is 18.8 Å². The third-order valence-corrected chi connectivity index (χ3v) is 5.76. The highest BCUT2D eigenvalue weighted by molar-refractivity contribution is 8.18. The fourth-order valence-electron chi connectivity index (χ4n) is 3.28. The third kappa shape index (κ3) is 4.44. The minimum atomic E-state index is -0.415. The smallest absolute Gasteiger partial charge is 0.293 e. The van der Waals surface area contributed by atoms with Crippen molar-refractivity contribution in [1.82, 2.24) is 9.80 Å². The Morgan fingerprint density at radius 2 is 1.83 bits per heavy atom. The van der Waals surface area contributed by atoms with Gasteiger partial charge >= 0.3 is 0 Å². The van der Waals surface area contributed by atoms with Crippen LogP contribution in [0.25, 0.3) is 6.08 Å². The van der Waals surface area contributed by atoms with Crippen LogP contribution in [0.3, 0.4) is 0 Å². The number of morpholine rings is 1. The van der Waals surface area contributed by atoms with Gasteiger partial charge in [0.15, 0.2) is 0 Å². The largest absolute Gasteiger partial charge is 0.378 e. The fraction of sp³-hybridized carbons (Fsp3) is 0.227. The molecule has 0 N–H and O–H groups in total. The van der Waals surface area contributed by atoms with Gasteiger partial charge in [-0.3, -0.25) is 19.3 Å². The van der Waals surface area contributed by atoms with Gasteiger partial charge in [0, 0.05) is 18.7 Å². The average molecular weight is 426 g/mol. The van der Waals surface area contributed by atoms with E-state index < -0.39 is 17.0 Å². The molecule has 0 aliphatic carbocycles. The zero-order chi connectivity index (χ0) is 21.1. The monoisotopic (exact) mass is 426 g/mol. The van der Waals surface area contributed by atoms with Crippen molar-refractivity contribution in [3.8, 4) is 0 Å². The zero-order valence-electron chi connectivity index (χ0n) is 16.0. The number of benzene rings is 2. The molecule has 0 bridgehead atoms. The number of imide groups is 1. The van der Waals surface area contributed by atoms with Crippen LogP contribution in [0.15, 0.2) is 53.4 Å². The lowest BCUT2D eigenvalue weighted by atomic mass is 10.1. The number of thioether (sulfide) groups is 1. The van der Waals surface area contributed by atoms with Crippen LogP contribution >= 0.6 is 11.8 Å². The van der Waals surface area contributed by atoms with Gasteiger partial charge in [-0.25, -0.2) is 4.39 Å². The maximum absolute atomic E-state index is 13.4. The van der Waals surface area contributed by atoms with Crippen molar-refractivity contribution in [2.24, 2.45) is 0 Å². The van der Waals surface area contributed by atoms with Gasteiger partial charge in [-0.2, -0.15) is 0 Å². The van der Waals surface area contributed by atoms with Gasteiger partial charge in [0.2, 0.25) is 0 Å². The van der Waals surface area contributed by atoms with Crippen LogP contribution in [0.5, 0.6) is 0 Å². The van der Waals surface area contributed by atoms with E-state index in [4.69, 9.17) is 4.74 Å². The first-order valence-electron chi connectivity index (χ1n) is 9.48. The lowest BCUT2D eigenvalue weighted by molar-refractivity contribution is -0.123. The molecule has 3 amide bonds. The fourth-order valence-corrected chi connectivity index (χ4v) is 4.11. The zero-order valence-corrected chi connectivity index (χ0v) is 16.9. The van der Waals surface area contributed by atoms with Gasteiger partial charge < -0.3 is 9.64 Å². The van der Waals surface area contributed by atoms with Gasteiger partial charge in [-0.05, 0) is 53.2 Å². The third-order valence-electron chi connectivity index (χ3n) is 4.86. The van der Waals surface area contributed by atoms with Crippen molar-refractivity contribution in [2.75, 3.05) is 26.3 Å².